The van der Waals surface area contributed by atoms with E-state index in [1.54, 1.807) is 47.3 Å². The van der Waals surface area contributed by atoms with Gasteiger partial charge in [-0.15, -0.1) is 0 Å². The van der Waals surface area contributed by atoms with Gasteiger partial charge < -0.3 is 14.6 Å². The Labute approximate surface area is 206 Å². The number of hydrogen-bond donors (Lipinski definition) is 0. The van der Waals surface area contributed by atoms with Gasteiger partial charge in [0.05, 0.1) is 11.4 Å². The molecule has 2 amide bonds. The van der Waals surface area contributed by atoms with Crippen LogP contribution in [-0.2, 0) is 16.6 Å². The minimum absolute atomic E-state index is 0.0107. The molecule has 2 aromatic carbocycles. The number of aryl methyl sites for hydroxylation is 2. The van der Waals surface area contributed by atoms with Crippen molar-refractivity contribution in [2.45, 2.75) is 6.92 Å². The molecule has 2 aliphatic rings. The van der Waals surface area contributed by atoms with Crippen LogP contribution in [0.1, 0.15) is 11.1 Å². The van der Waals surface area contributed by atoms with E-state index in [1.165, 1.54) is 11.7 Å². The van der Waals surface area contributed by atoms with Crippen LogP contribution >= 0.6 is 0 Å². The van der Waals surface area contributed by atoms with Gasteiger partial charge in [-0.2, -0.15) is 9.67 Å². The topological polar surface area (TPSA) is 101 Å². The molecular formula is C27H20N4O5. The average molecular weight is 480 g/mol. The number of amides is 2. The Hall–Kier alpha value is -4.92. The monoisotopic (exact) mass is 480 g/mol. The zero-order valence-corrected chi connectivity index (χ0v) is 19.5. The zero-order chi connectivity index (χ0) is 25.0. The maximum absolute atomic E-state index is 14.0. The molecule has 36 heavy (non-hydrogen) atoms. The number of ether oxygens (including phenoxy) is 2. The van der Waals surface area contributed by atoms with Gasteiger partial charge in [0.2, 0.25) is 6.79 Å². The molecule has 0 spiro atoms. The highest BCUT2D eigenvalue weighted by Crippen LogP contribution is 2.42. The fraction of sp³-hybridized carbons (Fsp3) is 0.111. The van der Waals surface area contributed by atoms with Gasteiger partial charge >= 0.3 is 5.91 Å². The van der Waals surface area contributed by atoms with Crippen molar-refractivity contribution >= 4 is 28.8 Å². The van der Waals surface area contributed by atoms with Crippen LogP contribution in [0, 0.1) is 6.92 Å². The second-order valence-corrected chi connectivity index (χ2v) is 8.51. The molecule has 0 aliphatic carbocycles. The number of benzene rings is 2. The first-order valence-corrected chi connectivity index (χ1v) is 11.2. The summed E-state index contributed by atoms with van der Waals surface area (Å²) in [7, 11) is 1.52. The normalized spacial score (nSPS) is 14.8. The fourth-order valence-electron chi connectivity index (χ4n) is 4.42. The summed E-state index contributed by atoms with van der Waals surface area (Å²) >= 11 is 0. The Morgan fingerprint density at radius 2 is 1.67 bits per heavy atom. The Bertz CT molecular complexity index is 1570. The standard InChI is InChI=1S/C27H20N4O5/c1-16-10-12-30(13-11-16)24-22(21-23(28-29(2)25(21)32)17-6-4-3-5-7-17)26(33)31(27(24)34)18-8-9-19-20(14-18)36-15-35-19/h3-14H,15H2,1-2H3. The molecule has 4 aromatic rings. The van der Waals surface area contributed by atoms with Crippen LogP contribution in [0.2, 0.25) is 0 Å². The Morgan fingerprint density at radius 3 is 2.42 bits per heavy atom. The lowest BCUT2D eigenvalue weighted by Crippen LogP contribution is -2.39. The molecule has 6 rings (SSSR count). The van der Waals surface area contributed by atoms with E-state index < -0.39 is 17.7 Å². The molecule has 0 unspecified atom stereocenters. The van der Waals surface area contributed by atoms with Gasteiger partial charge in [-0.1, -0.05) is 30.3 Å². The molecular weight excluding hydrogens is 460 g/mol. The van der Waals surface area contributed by atoms with Crippen LogP contribution in [0.25, 0.3) is 22.5 Å². The molecule has 2 aliphatic heterocycles. The highest BCUT2D eigenvalue weighted by Gasteiger charge is 2.47. The summed E-state index contributed by atoms with van der Waals surface area (Å²) in [5.41, 5.74) is 2.42. The first kappa shape index (κ1) is 21.6. The first-order valence-electron chi connectivity index (χ1n) is 11.2. The minimum atomic E-state index is -0.621. The molecule has 0 fully saturated rings. The highest BCUT2D eigenvalue weighted by molar-refractivity contribution is 6.53. The Balaban J connectivity index is 1.59. The van der Waals surface area contributed by atoms with Gasteiger partial charge in [-0.25, -0.2) is 4.90 Å². The van der Waals surface area contributed by atoms with E-state index in [4.69, 9.17) is 9.47 Å². The van der Waals surface area contributed by atoms with Crippen molar-refractivity contribution in [2.24, 2.45) is 7.05 Å². The largest absolute Gasteiger partial charge is 0.858 e. The van der Waals surface area contributed by atoms with Gasteiger partial charge in [0, 0.05) is 36.4 Å². The minimum Gasteiger partial charge on any atom is -0.858 e. The molecule has 4 heterocycles. The highest BCUT2D eigenvalue weighted by atomic mass is 16.7. The fourth-order valence-corrected chi connectivity index (χ4v) is 4.42. The predicted octanol–water partition coefficient (Wildman–Crippen LogP) is 2.43. The lowest BCUT2D eigenvalue weighted by Gasteiger charge is -2.15. The summed E-state index contributed by atoms with van der Waals surface area (Å²) in [6.07, 6.45) is 3.39. The van der Waals surface area contributed by atoms with Crippen LogP contribution in [0.4, 0.5) is 5.69 Å². The van der Waals surface area contributed by atoms with Gasteiger partial charge in [0.25, 0.3) is 11.6 Å². The van der Waals surface area contributed by atoms with Crippen LogP contribution in [0.3, 0.4) is 0 Å². The number of imide groups is 1. The van der Waals surface area contributed by atoms with Gasteiger partial charge in [0.1, 0.15) is 5.57 Å². The maximum atomic E-state index is 14.0. The van der Waals surface area contributed by atoms with Crippen LogP contribution < -0.4 is 24.0 Å². The molecule has 0 radical (unpaired) electrons. The SMILES string of the molecule is Cc1cc[n+](C2=C(c3c(-c4ccccc4)nn(C)c3[O-])C(=O)N(c3ccc4c(c3)OCO4)C2=O)cc1. The zero-order valence-electron chi connectivity index (χ0n) is 19.5. The maximum Gasteiger partial charge on any atom is 0.331 e. The van der Waals surface area contributed by atoms with E-state index in [1.807, 2.05) is 37.3 Å². The summed E-state index contributed by atoms with van der Waals surface area (Å²) in [6.45, 7) is 1.98. The van der Waals surface area contributed by atoms with Crippen molar-refractivity contribution in [2.75, 3.05) is 11.7 Å². The second-order valence-electron chi connectivity index (χ2n) is 8.51. The quantitative estimate of drug-likeness (QED) is 0.329. The van der Waals surface area contributed by atoms with E-state index in [9.17, 15) is 14.7 Å². The average Bonchev–Trinajstić information content (AvgIpc) is 3.54. The molecule has 0 N–H and O–H groups in total. The Morgan fingerprint density at radius 1 is 0.944 bits per heavy atom. The molecule has 2 aromatic heterocycles. The van der Waals surface area contributed by atoms with Gasteiger partial charge in [0.15, 0.2) is 23.9 Å². The van der Waals surface area contributed by atoms with Gasteiger partial charge in [-0.05, 0) is 30.5 Å². The molecule has 178 valence electrons. The number of hydrogen-bond acceptors (Lipinski definition) is 6. The third kappa shape index (κ3) is 3.24. The lowest BCUT2D eigenvalue weighted by atomic mass is 10.00. The predicted molar refractivity (Wildman–Crippen MR) is 128 cm³/mol. The lowest BCUT2D eigenvalue weighted by molar-refractivity contribution is -0.576. The summed E-state index contributed by atoms with van der Waals surface area (Å²) in [5.74, 6) is -0.696. The van der Waals surface area contributed by atoms with E-state index in [-0.39, 0.29) is 23.6 Å². The molecule has 0 bridgehead atoms. The van der Waals surface area contributed by atoms with E-state index >= 15 is 0 Å². The van der Waals surface area contributed by atoms with Crippen LogP contribution in [0.15, 0.2) is 73.1 Å². The molecule has 0 saturated heterocycles. The van der Waals surface area contributed by atoms with Crippen molar-refractivity contribution in [1.29, 1.82) is 0 Å². The molecule has 9 nitrogen and oxygen atoms in total. The number of rotatable bonds is 4. The van der Waals surface area contributed by atoms with E-state index in [0.717, 1.165) is 10.5 Å². The van der Waals surface area contributed by atoms with E-state index in [2.05, 4.69) is 5.10 Å². The summed E-state index contributed by atoms with van der Waals surface area (Å²) < 4.78 is 13.6. The van der Waals surface area contributed by atoms with Gasteiger partial charge in [-0.3, -0.25) is 14.3 Å². The third-order valence-electron chi connectivity index (χ3n) is 6.22. The second kappa shape index (κ2) is 8.09. The van der Waals surface area contributed by atoms with Crippen molar-refractivity contribution in [3.63, 3.8) is 0 Å². The number of carbonyl (C=O) groups is 2. The van der Waals surface area contributed by atoms with Crippen LogP contribution in [-0.4, -0.2) is 28.4 Å². The van der Waals surface area contributed by atoms with Crippen molar-refractivity contribution in [3.05, 3.63) is 84.2 Å². The number of anilines is 1. The smallest absolute Gasteiger partial charge is 0.331 e. The summed E-state index contributed by atoms with van der Waals surface area (Å²) in [4.78, 5) is 28.9. The Kier molecular flexibility index (Phi) is 4.85. The van der Waals surface area contributed by atoms with Crippen molar-refractivity contribution < 1.29 is 28.7 Å². The summed E-state index contributed by atoms with van der Waals surface area (Å²) in [5, 5.41) is 17.8. The number of fused-ring (bicyclic) bond motifs is 1. The van der Waals surface area contributed by atoms with Crippen LogP contribution in [0.5, 0.6) is 17.4 Å². The number of nitrogens with zero attached hydrogens (tertiary/aromatic N) is 4. The number of carbonyl (C=O) groups excluding carboxylic acids is 2. The third-order valence-corrected chi connectivity index (χ3v) is 6.22. The number of aromatic nitrogens is 3. The summed E-state index contributed by atoms with van der Waals surface area (Å²) in [6, 6.07) is 17.6. The molecule has 9 heteroatoms. The van der Waals surface area contributed by atoms with E-state index in [0.29, 0.717) is 28.4 Å². The number of pyridine rings is 1. The molecule has 0 atom stereocenters. The molecule has 0 saturated carbocycles. The van der Waals surface area contributed by atoms with Crippen molar-refractivity contribution in [3.8, 4) is 28.6 Å². The van der Waals surface area contributed by atoms with Crippen molar-refractivity contribution in [1.82, 2.24) is 9.78 Å². The first-order chi connectivity index (χ1) is 17.4.